The first kappa shape index (κ1) is 26.2. The van der Waals surface area contributed by atoms with Gasteiger partial charge in [0.05, 0.1) is 11.1 Å². The number of hydrogen-bond donors (Lipinski definition) is 3. The minimum atomic E-state index is -4.66. The van der Waals surface area contributed by atoms with E-state index < -0.39 is 29.6 Å². The lowest BCUT2D eigenvalue weighted by Crippen LogP contribution is -2.05. The minimum Gasteiger partial charge on any atom is -0.505 e. The third-order valence-corrected chi connectivity index (χ3v) is 5.95. The summed E-state index contributed by atoms with van der Waals surface area (Å²) in [4.78, 5) is 10.9. The van der Waals surface area contributed by atoms with Gasteiger partial charge >= 0.3 is 12.3 Å². The highest BCUT2D eigenvalue weighted by molar-refractivity contribution is 5.97. The van der Waals surface area contributed by atoms with Crippen molar-refractivity contribution < 1.29 is 42.4 Å². The number of alkyl halides is 3. The molecule has 40 heavy (non-hydrogen) atoms. The molecule has 0 amide bonds. The number of carboxylic acid groups (broad SMARTS) is 1. The molecule has 8 nitrogen and oxygen atoms in total. The van der Waals surface area contributed by atoms with Crippen LogP contribution in [0.1, 0.15) is 5.56 Å². The third kappa shape index (κ3) is 5.01. The number of halogens is 4. The molecule has 0 unspecified atom stereocenters. The van der Waals surface area contributed by atoms with E-state index in [1.54, 1.807) is 18.2 Å². The number of phenols is 1. The van der Waals surface area contributed by atoms with Crippen molar-refractivity contribution in [3.8, 4) is 34.2 Å². The van der Waals surface area contributed by atoms with Crippen LogP contribution in [-0.4, -0.2) is 26.0 Å². The number of azo groups is 1. The highest BCUT2D eigenvalue weighted by Gasteiger charge is 2.32. The van der Waals surface area contributed by atoms with E-state index in [9.17, 15) is 32.6 Å². The lowest BCUT2D eigenvalue weighted by molar-refractivity contribution is -0.137. The zero-order valence-corrected chi connectivity index (χ0v) is 20.1. The molecule has 1 heterocycles. The van der Waals surface area contributed by atoms with Crippen LogP contribution in [0.3, 0.4) is 0 Å². The molecular weight excluding hydrogens is 534 g/mol. The normalized spacial score (nSPS) is 11.8. The van der Waals surface area contributed by atoms with Gasteiger partial charge in [-0.2, -0.15) is 13.2 Å². The quantitative estimate of drug-likeness (QED) is 0.0879. The molecule has 0 fully saturated rings. The maximum Gasteiger partial charge on any atom is 0.511 e. The van der Waals surface area contributed by atoms with Crippen LogP contribution in [0, 0.1) is 5.82 Å². The highest BCUT2D eigenvalue weighted by Crippen LogP contribution is 2.45. The molecule has 0 aliphatic carbocycles. The van der Waals surface area contributed by atoms with Crippen molar-refractivity contribution in [1.29, 1.82) is 0 Å². The van der Waals surface area contributed by atoms with E-state index in [1.807, 2.05) is 0 Å². The predicted octanol–water partition coefficient (Wildman–Crippen LogP) is 8.34. The first-order valence-electron chi connectivity index (χ1n) is 11.5. The summed E-state index contributed by atoms with van der Waals surface area (Å²) in [5, 5.41) is 38.9. The molecule has 0 bridgehead atoms. The van der Waals surface area contributed by atoms with Gasteiger partial charge in [0.2, 0.25) is 5.88 Å². The molecule has 0 atom stereocenters. The van der Waals surface area contributed by atoms with Gasteiger partial charge in [0.15, 0.2) is 11.4 Å². The Hall–Kier alpha value is -5.39. The first-order chi connectivity index (χ1) is 19.0. The number of para-hydroxylation sites is 1. The van der Waals surface area contributed by atoms with Crippen molar-refractivity contribution in [1.82, 2.24) is 4.57 Å². The third-order valence-electron chi connectivity index (χ3n) is 5.95. The summed E-state index contributed by atoms with van der Waals surface area (Å²) in [7, 11) is 0. The second-order valence-electron chi connectivity index (χ2n) is 8.48. The van der Waals surface area contributed by atoms with Crippen LogP contribution >= 0.6 is 0 Å². The Morgan fingerprint density at radius 1 is 0.875 bits per heavy atom. The SMILES string of the molecule is O=C(O)Oc1cccc(-c2cccc(N=Nc3c(O)n(-c4ccc(F)cc4)c4cc(C(F)(F)F)ccc34)c2O)c1. The molecule has 1 aromatic heterocycles. The molecule has 0 aliphatic heterocycles. The van der Waals surface area contributed by atoms with Crippen LogP contribution in [-0.2, 0) is 6.18 Å². The zero-order valence-electron chi connectivity index (χ0n) is 20.1. The van der Waals surface area contributed by atoms with Crippen LogP contribution in [0.4, 0.5) is 33.7 Å². The average Bonchev–Trinajstić information content (AvgIpc) is 3.18. The molecule has 202 valence electrons. The van der Waals surface area contributed by atoms with Crippen LogP contribution in [0.25, 0.3) is 27.7 Å². The van der Waals surface area contributed by atoms with Gasteiger partial charge in [0.1, 0.15) is 17.3 Å². The second kappa shape index (κ2) is 10.1. The first-order valence-corrected chi connectivity index (χ1v) is 11.5. The summed E-state index contributed by atoms with van der Waals surface area (Å²) >= 11 is 0. The van der Waals surface area contributed by atoms with E-state index in [0.717, 1.165) is 34.9 Å². The van der Waals surface area contributed by atoms with Gasteiger partial charge in [-0.05, 0) is 66.2 Å². The molecular formula is C28H17F4N3O5. The summed E-state index contributed by atoms with van der Waals surface area (Å²) in [6, 6.07) is 18.0. The lowest BCUT2D eigenvalue weighted by atomic mass is 10.0. The molecule has 5 aromatic rings. The largest absolute Gasteiger partial charge is 0.511 e. The van der Waals surface area contributed by atoms with Crippen LogP contribution in [0.15, 0.2) is 95.2 Å². The van der Waals surface area contributed by atoms with E-state index in [-0.39, 0.29) is 45.0 Å². The van der Waals surface area contributed by atoms with Crippen LogP contribution < -0.4 is 4.74 Å². The maximum atomic E-state index is 13.5. The number of ether oxygens (including phenoxy) is 1. The number of phenolic OH excluding ortho intramolecular Hbond substituents is 1. The molecule has 12 heteroatoms. The molecule has 3 N–H and O–H groups in total. The van der Waals surface area contributed by atoms with Gasteiger partial charge in [-0.25, -0.2) is 9.18 Å². The van der Waals surface area contributed by atoms with Gasteiger partial charge in [-0.1, -0.05) is 24.3 Å². The summed E-state index contributed by atoms with van der Waals surface area (Å²) in [5.74, 6) is -1.45. The molecule has 0 spiro atoms. The highest BCUT2D eigenvalue weighted by atomic mass is 19.4. The molecule has 0 radical (unpaired) electrons. The van der Waals surface area contributed by atoms with Crippen molar-refractivity contribution in [3.63, 3.8) is 0 Å². The Morgan fingerprint density at radius 3 is 2.30 bits per heavy atom. The number of benzene rings is 4. The van der Waals surface area contributed by atoms with Crippen molar-refractivity contribution in [2.75, 3.05) is 0 Å². The fraction of sp³-hybridized carbons (Fsp3) is 0.0357. The maximum absolute atomic E-state index is 13.5. The number of aromatic hydroxyl groups is 2. The van der Waals surface area contributed by atoms with E-state index in [4.69, 9.17) is 5.11 Å². The zero-order chi connectivity index (χ0) is 28.6. The number of fused-ring (bicyclic) bond motifs is 1. The van der Waals surface area contributed by atoms with Crippen molar-refractivity contribution in [2.45, 2.75) is 6.18 Å². The van der Waals surface area contributed by atoms with Crippen molar-refractivity contribution in [3.05, 3.63) is 96.3 Å². The van der Waals surface area contributed by atoms with Crippen molar-refractivity contribution >= 4 is 28.4 Å². The Balaban J connectivity index is 1.61. The molecule has 5 rings (SSSR count). The van der Waals surface area contributed by atoms with Gasteiger partial charge in [0.25, 0.3) is 0 Å². The van der Waals surface area contributed by atoms with Gasteiger partial charge in [-0.15, -0.1) is 10.2 Å². The Morgan fingerprint density at radius 2 is 1.60 bits per heavy atom. The average molecular weight is 551 g/mol. The Kier molecular flexibility index (Phi) is 6.59. The number of carbonyl (C=O) groups is 1. The predicted molar refractivity (Wildman–Crippen MR) is 136 cm³/mol. The summed E-state index contributed by atoms with van der Waals surface area (Å²) in [6.45, 7) is 0. The van der Waals surface area contributed by atoms with E-state index in [2.05, 4.69) is 15.0 Å². The number of rotatable bonds is 5. The fourth-order valence-corrected chi connectivity index (χ4v) is 4.16. The van der Waals surface area contributed by atoms with Crippen LogP contribution in [0.2, 0.25) is 0 Å². The molecule has 0 saturated carbocycles. The van der Waals surface area contributed by atoms with E-state index in [0.29, 0.717) is 5.56 Å². The Bertz CT molecular complexity index is 1780. The van der Waals surface area contributed by atoms with Gasteiger partial charge < -0.3 is 20.1 Å². The standard InChI is InChI=1S/C28H17F4N3O5/c29-17-8-10-18(11-9-17)35-23-14-16(28(30,31)32)7-12-21(23)24(26(35)37)34-33-22-6-2-5-20(25(22)36)15-3-1-4-19(13-15)40-27(38)39/h1-14,36-37H,(H,38,39). The second-order valence-corrected chi connectivity index (χ2v) is 8.48. The molecule has 4 aromatic carbocycles. The monoisotopic (exact) mass is 551 g/mol. The number of hydrogen-bond acceptors (Lipinski definition) is 6. The smallest absolute Gasteiger partial charge is 0.505 e. The van der Waals surface area contributed by atoms with Gasteiger partial charge in [-0.3, -0.25) is 4.57 Å². The van der Waals surface area contributed by atoms with Crippen LogP contribution in [0.5, 0.6) is 17.4 Å². The lowest BCUT2D eigenvalue weighted by Gasteiger charge is -2.09. The van der Waals surface area contributed by atoms with E-state index >= 15 is 0 Å². The van der Waals surface area contributed by atoms with Crippen molar-refractivity contribution in [2.24, 2.45) is 10.2 Å². The minimum absolute atomic E-state index is 0.0215. The van der Waals surface area contributed by atoms with E-state index in [1.165, 1.54) is 36.4 Å². The molecule has 0 saturated heterocycles. The summed E-state index contributed by atoms with van der Waals surface area (Å²) in [6.07, 6.45) is -6.17. The number of aromatic nitrogens is 1. The Labute approximate surface area is 222 Å². The summed E-state index contributed by atoms with van der Waals surface area (Å²) in [5.41, 5.74) is -0.405. The molecule has 0 aliphatic rings. The summed E-state index contributed by atoms with van der Waals surface area (Å²) < 4.78 is 59.6. The fourth-order valence-electron chi connectivity index (χ4n) is 4.16. The number of nitrogens with zero attached hydrogens (tertiary/aromatic N) is 3. The van der Waals surface area contributed by atoms with Gasteiger partial charge in [0, 0.05) is 16.6 Å². The topological polar surface area (TPSA) is 117 Å².